The molecule has 9 nitrogen and oxygen atoms in total. The molecule has 0 bridgehead atoms. The quantitative estimate of drug-likeness (QED) is 0.321. The maximum absolute atomic E-state index is 16.5. The van der Waals surface area contributed by atoms with Crippen molar-refractivity contribution in [1.82, 2.24) is 15.0 Å². The average Bonchev–Trinajstić information content (AvgIpc) is 3.63. The van der Waals surface area contributed by atoms with Crippen molar-refractivity contribution in [1.29, 1.82) is 5.26 Å². The van der Waals surface area contributed by atoms with E-state index in [0.717, 1.165) is 17.5 Å². The predicted molar refractivity (Wildman–Crippen MR) is 143 cm³/mol. The van der Waals surface area contributed by atoms with E-state index >= 15 is 8.78 Å². The third-order valence-electron chi connectivity index (χ3n) is 6.73. The van der Waals surface area contributed by atoms with E-state index in [9.17, 15) is 14.4 Å². The Morgan fingerprint density at radius 2 is 2.02 bits per heavy atom. The van der Waals surface area contributed by atoms with Gasteiger partial charge in [0.15, 0.2) is 11.6 Å². The summed E-state index contributed by atoms with van der Waals surface area (Å²) in [5.74, 6) is -1.27. The lowest BCUT2D eigenvalue weighted by molar-refractivity contribution is 0.0636. The molecule has 6 rings (SSSR count). The number of nitrogens with one attached hydrogen (secondary N) is 1. The van der Waals surface area contributed by atoms with E-state index in [4.69, 9.17) is 9.47 Å². The van der Waals surface area contributed by atoms with Gasteiger partial charge in [-0.2, -0.15) is 5.26 Å². The first-order valence-corrected chi connectivity index (χ1v) is 13.4. The van der Waals surface area contributed by atoms with E-state index in [2.05, 4.69) is 20.3 Å². The van der Waals surface area contributed by atoms with Crippen LogP contribution in [0.15, 0.2) is 12.4 Å². The molecule has 1 saturated heterocycles. The highest BCUT2D eigenvalue weighted by molar-refractivity contribution is 7.23. The Hall–Kier alpha value is -4.02. The molecule has 2 aliphatic rings. The van der Waals surface area contributed by atoms with Gasteiger partial charge in [-0.3, -0.25) is 10.3 Å². The van der Waals surface area contributed by atoms with Gasteiger partial charge >= 0.3 is 6.09 Å². The number of nitriles is 1. The minimum absolute atomic E-state index is 0.00771. The zero-order chi connectivity index (χ0) is 28.3. The maximum Gasteiger partial charge on any atom is 0.412 e. The van der Waals surface area contributed by atoms with Gasteiger partial charge in [0.2, 0.25) is 5.95 Å². The number of rotatable bonds is 3. The normalized spacial score (nSPS) is 16.9. The molecule has 1 N–H and O–H groups in total. The lowest BCUT2D eigenvalue weighted by Crippen LogP contribution is -2.27. The zero-order valence-electron chi connectivity index (χ0n) is 21.8. The van der Waals surface area contributed by atoms with Gasteiger partial charge in [-0.05, 0) is 38.3 Å². The number of alkyl halides is 1. The number of fused-ring (bicyclic) bond motifs is 4. The maximum atomic E-state index is 16.5. The van der Waals surface area contributed by atoms with Crippen molar-refractivity contribution < 1.29 is 27.4 Å². The third-order valence-corrected chi connectivity index (χ3v) is 7.85. The monoisotopic (exact) mass is 568 g/mol. The molecule has 1 fully saturated rings. The lowest BCUT2D eigenvalue weighted by atomic mass is 9.94. The number of hydrogen-bond donors (Lipinski definition) is 1. The van der Waals surface area contributed by atoms with Crippen LogP contribution < -0.4 is 10.2 Å². The van der Waals surface area contributed by atoms with Gasteiger partial charge < -0.3 is 14.4 Å². The van der Waals surface area contributed by atoms with Gasteiger partial charge in [-0.1, -0.05) is 0 Å². The molecule has 0 saturated carbocycles. The summed E-state index contributed by atoms with van der Waals surface area (Å²) >= 11 is 0.830. The summed E-state index contributed by atoms with van der Waals surface area (Å²) in [6, 6.07) is 2.01. The summed E-state index contributed by atoms with van der Waals surface area (Å²) in [4.78, 5) is 27.2. The molecule has 5 heterocycles. The van der Waals surface area contributed by atoms with Gasteiger partial charge in [0.1, 0.15) is 28.4 Å². The Morgan fingerprint density at radius 1 is 1.25 bits per heavy atom. The highest BCUT2D eigenvalue weighted by atomic mass is 32.1. The second-order valence-electron chi connectivity index (χ2n) is 10.6. The van der Waals surface area contributed by atoms with Crippen LogP contribution in [0, 0.1) is 23.0 Å². The Labute approximate surface area is 230 Å². The summed E-state index contributed by atoms with van der Waals surface area (Å²) in [5.41, 5.74) is 0.305. The van der Waals surface area contributed by atoms with Crippen LogP contribution in [0.4, 0.5) is 28.9 Å². The van der Waals surface area contributed by atoms with E-state index in [1.807, 2.05) is 6.07 Å². The van der Waals surface area contributed by atoms with Gasteiger partial charge in [-0.15, -0.1) is 11.3 Å². The molecular formula is C27H23F3N6O3S. The van der Waals surface area contributed by atoms with Gasteiger partial charge in [0.25, 0.3) is 0 Å². The molecule has 1 aromatic carbocycles. The van der Waals surface area contributed by atoms with Crippen LogP contribution in [-0.2, 0) is 22.7 Å². The predicted octanol–water partition coefficient (Wildman–Crippen LogP) is 5.98. The summed E-state index contributed by atoms with van der Waals surface area (Å²) in [5, 5.41) is 13.1. The fourth-order valence-electron chi connectivity index (χ4n) is 5.05. The molecule has 206 valence electrons. The number of nitrogens with zero attached hydrogens (tertiary/aromatic N) is 5. The van der Waals surface area contributed by atoms with Crippen LogP contribution in [0.3, 0.4) is 0 Å². The molecule has 0 aliphatic carbocycles. The molecule has 4 aromatic rings. The van der Waals surface area contributed by atoms with Crippen molar-refractivity contribution in [2.75, 3.05) is 23.3 Å². The number of ether oxygens (including phenoxy) is 2. The van der Waals surface area contributed by atoms with E-state index < -0.39 is 29.5 Å². The Morgan fingerprint density at radius 3 is 2.73 bits per heavy atom. The number of halogens is 3. The number of thiophene rings is 1. The second kappa shape index (κ2) is 9.57. The Kier molecular flexibility index (Phi) is 6.27. The summed E-state index contributed by atoms with van der Waals surface area (Å²) < 4.78 is 56.3. The van der Waals surface area contributed by atoms with Crippen LogP contribution in [0.1, 0.15) is 43.9 Å². The largest absolute Gasteiger partial charge is 0.444 e. The van der Waals surface area contributed by atoms with Crippen LogP contribution in [0.25, 0.3) is 32.2 Å². The third kappa shape index (κ3) is 4.37. The summed E-state index contributed by atoms with van der Waals surface area (Å²) in [7, 11) is 0. The molecule has 2 aliphatic heterocycles. The van der Waals surface area contributed by atoms with E-state index in [1.54, 1.807) is 25.7 Å². The molecular weight excluding hydrogens is 545 g/mol. The van der Waals surface area contributed by atoms with E-state index in [-0.39, 0.29) is 63.1 Å². The topological polar surface area (TPSA) is 113 Å². The van der Waals surface area contributed by atoms with Crippen LogP contribution in [0.5, 0.6) is 0 Å². The SMILES string of the molecule is CC(C)(C)OC(=O)Nc1sc2c(F)cnc(-c3c4c(c5cnc(N6CCC(F)C6)nc5c3F)COC4)c2c1C#N. The molecule has 0 spiro atoms. The van der Waals surface area contributed by atoms with Gasteiger partial charge in [-0.25, -0.2) is 27.9 Å². The molecule has 1 unspecified atom stereocenters. The molecule has 40 heavy (non-hydrogen) atoms. The first-order valence-electron chi connectivity index (χ1n) is 12.5. The van der Waals surface area contributed by atoms with E-state index in [1.165, 1.54) is 6.20 Å². The molecule has 1 amide bonds. The van der Waals surface area contributed by atoms with Gasteiger partial charge in [0, 0.05) is 29.1 Å². The first kappa shape index (κ1) is 26.2. The van der Waals surface area contributed by atoms with Crippen molar-refractivity contribution >= 4 is 49.4 Å². The molecule has 13 heteroatoms. The Bertz CT molecular complexity index is 1750. The highest BCUT2D eigenvalue weighted by Gasteiger charge is 2.32. The van der Waals surface area contributed by atoms with Gasteiger partial charge in [0.05, 0.1) is 41.9 Å². The van der Waals surface area contributed by atoms with Crippen molar-refractivity contribution in [3.63, 3.8) is 0 Å². The number of hydrogen-bond acceptors (Lipinski definition) is 9. The van der Waals surface area contributed by atoms with Crippen molar-refractivity contribution in [3.05, 3.63) is 40.7 Å². The van der Waals surface area contributed by atoms with Crippen LogP contribution in [-0.4, -0.2) is 45.9 Å². The number of anilines is 2. The number of carbonyl (C=O) groups is 1. The number of aromatic nitrogens is 3. The molecule has 3 aromatic heterocycles. The van der Waals surface area contributed by atoms with Crippen LogP contribution in [0.2, 0.25) is 0 Å². The number of amides is 1. The second-order valence-corrected chi connectivity index (χ2v) is 11.6. The number of benzene rings is 1. The first-order chi connectivity index (χ1) is 19.1. The fourth-order valence-corrected chi connectivity index (χ4v) is 6.09. The average molecular weight is 569 g/mol. The molecule has 1 atom stereocenters. The zero-order valence-corrected chi connectivity index (χ0v) is 22.6. The van der Waals surface area contributed by atoms with E-state index in [0.29, 0.717) is 29.5 Å². The standard InChI is InChI=1S/C27H23F3N6O3S/c1-27(2,3)39-26(37)35-24-13(6-31)19-22(32-8-17(29)23(19)40-24)18-16-11-38-10-15(16)14-7-33-25(34-21(14)20(18)30)36-5-4-12(28)9-36/h7-8,12H,4-5,9-11H2,1-3H3,(H,35,37). The number of pyridine rings is 1. The minimum atomic E-state index is -1.02. The highest BCUT2D eigenvalue weighted by Crippen LogP contribution is 2.46. The van der Waals surface area contributed by atoms with Crippen molar-refractivity contribution in [2.24, 2.45) is 0 Å². The van der Waals surface area contributed by atoms with Crippen LogP contribution >= 0.6 is 11.3 Å². The molecule has 0 radical (unpaired) electrons. The van der Waals surface area contributed by atoms with Crippen molar-refractivity contribution in [2.45, 2.75) is 52.2 Å². The Balaban J connectivity index is 1.56. The lowest BCUT2D eigenvalue weighted by Gasteiger charge is -2.19. The minimum Gasteiger partial charge on any atom is -0.444 e. The fraction of sp³-hybridized carbons (Fsp3) is 0.370. The summed E-state index contributed by atoms with van der Waals surface area (Å²) in [6.45, 7) is 5.80. The summed E-state index contributed by atoms with van der Waals surface area (Å²) in [6.07, 6.45) is 0.954. The van der Waals surface area contributed by atoms with Crippen molar-refractivity contribution in [3.8, 4) is 17.3 Å². The smallest absolute Gasteiger partial charge is 0.412 e. The number of carbonyl (C=O) groups excluding carboxylic acids is 1.